The van der Waals surface area contributed by atoms with E-state index in [0.717, 1.165) is 6.42 Å². The van der Waals surface area contributed by atoms with Crippen LogP contribution in [0.2, 0.25) is 0 Å². The van der Waals surface area contributed by atoms with Gasteiger partial charge < -0.3 is 4.74 Å². The summed E-state index contributed by atoms with van der Waals surface area (Å²) in [5.41, 5.74) is 1.74. The highest BCUT2D eigenvalue weighted by molar-refractivity contribution is 5.86. The van der Waals surface area contributed by atoms with Gasteiger partial charge in [-0.15, -0.1) is 0 Å². The lowest BCUT2D eigenvalue weighted by Crippen LogP contribution is -2.35. The summed E-state index contributed by atoms with van der Waals surface area (Å²) in [6.45, 7) is 8.33. The van der Waals surface area contributed by atoms with Crippen molar-refractivity contribution in [2.24, 2.45) is 0 Å². The molecule has 0 saturated carbocycles. The van der Waals surface area contributed by atoms with Gasteiger partial charge in [0.05, 0.1) is 0 Å². The number of carbonyl (C=O) groups excluding carboxylic acids is 1. The molecule has 1 rings (SSSR count). The van der Waals surface area contributed by atoms with Gasteiger partial charge in [0.1, 0.15) is 0 Å². The highest BCUT2D eigenvalue weighted by atomic mass is 16.5. The predicted octanol–water partition coefficient (Wildman–Crippen LogP) is 1.66. The Balaban J connectivity index is 2.37. The van der Waals surface area contributed by atoms with Gasteiger partial charge in [-0.05, 0) is 18.9 Å². The molecular formula is C13H18NO2+. The molecule has 1 aromatic heterocycles. The molecule has 0 amide bonds. The lowest BCUT2D eigenvalue weighted by Gasteiger charge is -2.01. The summed E-state index contributed by atoms with van der Waals surface area (Å²) < 4.78 is 7.00. The molecule has 0 aromatic carbocycles. The van der Waals surface area contributed by atoms with Crippen LogP contribution in [0.15, 0.2) is 36.7 Å². The first-order valence-corrected chi connectivity index (χ1v) is 5.44. The number of pyridine rings is 1. The van der Waals surface area contributed by atoms with Crippen LogP contribution in [0.1, 0.15) is 19.4 Å². The molecule has 0 aliphatic carbocycles. The average molecular weight is 220 g/mol. The van der Waals surface area contributed by atoms with Crippen LogP contribution in [0.5, 0.6) is 0 Å². The lowest BCUT2D eigenvalue weighted by molar-refractivity contribution is -0.698. The molecule has 0 radical (unpaired) electrons. The first-order valence-electron chi connectivity index (χ1n) is 5.44. The molecule has 86 valence electrons. The predicted molar refractivity (Wildman–Crippen MR) is 61.8 cm³/mol. The maximum Gasteiger partial charge on any atom is 0.333 e. The van der Waals surface area contributed by atoms with E-state index in [9.17, 15) is 4.79 Å². The van der Waals surface area contributed by atoms with Crippen LogP contribution >= 0.6 is 0 Å². The molecule has 0 atom stereocenters. The van der Waals surface area contributed by atoms with Crippen molar-refractivity contribution in [3.05, 3.63) is 42.2 Å². The van der Waals surface area contributed by atoms with Gasteiger partial charge in [-0.1, -0.05) is 13.5 Å². The second-order valence-electron chi connectivity index (χ2n) is 3.71. The maximum atomic E-state index is 11.1. The number of aromatic nitrogens is 1. The summed E-state index contributed by atoms with van der Waals surface area (Å²) in [4.78, 5) is 11.1. The Kier molecular flexibility index (Phi) is 4.70. The Morgan fingerprint density at radius 1 is 1.44 bits per heavy atom. The van der Waals surface area contributed by atoms with Crippen LogP contribution in [0, 0.1) is 0 Å². The van der Waals surface area contributed by atoms with Crippen molar-refractivity contribution in [2.45, 2.75) is 26.8 Å². The summed E-state index contributed by atoms with van der Waals surface area (Å²) >= 11 is 0. The molecule has 0 aliphatic rings. The minimum Gasteiger partial charge on any atom is -0.456 e. The van der Waals surface area contributed by atoms with E-state index in [-0.39, 0.29) is 5.97 Å². The van der Waals surface area contributed by atoms with Gasteiger partial charge in [-0.3, -0.25) is 0 Å². The summed E-state index contributed by atoms with van der Waals surface area (Å²) in [5.74, 6) is -0.328. The summed E-state index contributed by atoms with van der Waals surface area (Å²) in [7, 11) is 0. The molecule has 0 bridgehead atoms. The van der Waals surface area contributed by atoms with Crippen molar-refractivity contribution in [3.63, 3.8) is 0 Å². The van der Waals surface area contributed by atoms with Gasteiger partial charge in [0.2, 0.25) is 0 Å². The second kappa shape index (κ2) is 6.05. The zero-order valence-corrected chi connectivity index (χ0v) is 9.90. The van der Waals surface area contributed by atoms with E-state index >= 15 is 0 Å². The molecule has 0 spiro atoms. The number of rotatable bonds is 5. The largest absolute Gasteiger partial charge is 0.456 e. The Morgan fingerprint density at radius 2 is 2.06 bits per heavy atom. The van der Waals surface area contributed by atoms with Gasteiger partial charge in [0.25, 0.3) is 0 Å². The standard InChI is InChI=1S/C13H18NO2/c1-4-12-5-7-14(8-6-12)9-10-16-13(15)11(2)3/h5-8H,2,4,9-10H2,1,3H3/q+1. The first-order chi connectivity index (χ1) is 7.63. The van der Waals surface area contributed by atoms with Crippen molar-refractivity contribution in [1.29, 1.82) is 0 Å². The molecule has 1 aromatic rings. The van der Waals surface area contributed by atoms with E-state index in [2.05, 4.69) is 25.6 Å². The number of nitrogens with zero attached hydrogens (tertiary/aromatic N) is 1. The van der Waals surface area contributed by atoms with Crippen LogP contribution < -0.4 is 4.57 Å². The SMILES string of the molecule is C=C(C)C(=O)OCC[n+]1ccc(CC)cc1. The van der Waals surface area contributed by atoms with Gasteiger partial charge in [-0.2, -0.15) is 0 Å². The van der Waals surface area contributed by atoms with Crippen LogP contribution in [0.25, 0.3) is 0 Å². The quantitative estimate of drug-likeness (QED) is 0.429. The molecule has 3 nitrogen and oxygen atoms in total. The number of ether oxygens (including phenoxy) is 1. The fourth-order valence-corrected chi connectivity index (χ4v) is 1.24. The maximum absolute atomic E-state index is 11.1. The first kappa shape index (κ1) is 12.4. The van der Waals surface area contributed by atoms with Crippen molar-refractivity contribution in [3.8, 4) is 0 Å². The third kappa shape index (κ3) is 3.85. The third-order valence-corrected chi connectivity index (χ3v) is 2.30. The Hall–Kier alpha value is -1.64. The number of esters is 1. The fraction of sp³-hybridized carbons (Fsp3) is 0.385. The van der Waals surface area contributed by atoms with Gasteiger partial charge in [0, 0.05) is 17.7 Å². The van der Waals surface area contributed by atoms with Crippen molar-refractivity contribution in [2.75, 3.05) is 6.61 Å². The number of carbonyl (C=O) groups is 1. The zero-order valence-electron chi connectivity index (χ0n) is 9.90. The smallest absolute Gasteiger partial charge is 0.333 e. The molecule has 1 heterocycles. The van der Waals surface area contributed by atoms with Crippen molar-refractivity contribution < 1.29 is 14.1 Å². The van der Waals surface area contributed by atoms with Crippen molar-refractivity contribution >= 4 is 5.97 Å². The highest BCUT2D eigenvalue weighted by Crippen LogP contribution is 1.95. The van der Waals surface area contributed by atoms with Crippen molar-refractivity contribution in [1.82, 2.24) is 0 Å². The molecule has 0 fully saturated rings. The fourth-order valence-electron chi connectivity index (χ4n) is 1.24. The van der Waals surface area contributed by atoms with E-state index in [4.69, 9.17) is 4.74 Å². The monoisotopic (exact) mass is 220 g/mol. The molecule has 0 unspecified atom stereocenters. The van der Waals surface area contributed by atoms with Gasteiger partial charge >= 0.3 is 5.97 Å². The molecule has 16 heavy (non-hydrogen) atoms. The summed E-state index contributed by atoms with van der Waals surface area (Å²) in [6, 6.07) is 4.14. The van der Waals surface area contributed by atoms with Crippen LogP contribution in [0.4, 0.5) is 0 Å². The Labute approximate surface area is 96.4 Å². The third-order valence-electron chi connectivity index (χ3n) is 2.30. The Bertz CT molecular complexity index is 368. The summed E-state index contributed by atoms with van der Waals surface area (Å²) in [5, 5.41) is 0. The second-order valence-corrected chi connectivity index (χ2v) is 3.71. The summed E-state index contributed by atoms with van der Waals surface area (Å²) in [6.07, 6.45) is 5.02. The molecular weight excluding hydrogens is 202 g/mol. The van der Waals surface area contributed by atoms with Crippen LogP contribution in [-0.2, 0) is 22.5 Å². The van der Waals surface area contributed by atoms with E-state index in [1.807, 2.05) is 17.0 Å². The normalized spacial score (nSPS) is 9.88. The lowest BCUT2D eigenvalue weighted by atomic mass is 10.2. The molecule has 0 aliphatic heterocycles. The average Bonchev–Trinajstić information content (AvgIpc) is 2.29. The van der Waals surface area contributed by atoms with Crippen LogP contribution in [-0.4, -0.2) is 12.6 Å². The van der Waals surface area contributed by atoms with Gasteiger partial charge in [-0.25, -0.2) is 9.36 Å². The van der Waals surface area contributed by atoms with E-state index in [0.29, 0.717) is 18.7 Å². The molecule has 0 saturated heterocycles. The van der Waals surface area contributed by atoms with Gasteiger partial charge in [0.15, 0.2) is 25.5 Å². The van der Waals surface area contributed by atoms with E-state index in [1.54, 1.807) is 6.92 Å². The molecule has 3 heteroatoms. The van der Waals surface area contributed by atoms with E-state index < -0.39 is 0 Å². The molecule has 0 N–H and O–H groups in total. The number of hydrogen-bond donors (Lipinski definition) is 0. The Morgan fingerprint density at radius 3 is 2.56 bits per heavy atom. The zero-order chi connectivity index (χ0) is 12.0. The number of aryl methyl sites for hydroxylation is 1. The number of hydrogen-bond acceptors (Lipinski definition) is 2. The minimum atomic E-state index is -0.328. The van der Waals surface area contributed by atoms with Crippen LogP contribution in [0.3, 0.4) is 0 Å². The topological polar surface area (TPSA) is 30.2 Å². The van der Waals surface area contributed by atoms with E-state index in [1.165, 1.54) is 5.56 Å². The highest BCUT2D eigenvalue weighted by Gasteiger charge is 2.05. The minimum absolute atomic E-state index is 0.328.